The highest BCUT2D eigenvalue weighted by molar-refractivity contribution is 5.94. The molecular weight excluding hydrogens is 347 g/mol. The van der Waals surface area contributed by atoms with Crippen molar-refractivity contribution in [3.63, 3.8) is 0 Å². The lowest BCUT2D eigenvalue weighted by Crippen LogP contribution is -2.42. The normalized spacial score (nSPS) is 17.3. The monoisotopic (exact) mass is 366 g/mol. The van der Waals surface area contributed by atoms with E-state index in [1.54, 1.807) is 29.4 Å². The van der Waals surface area contributed by atoms with Crippen molar-refractivity contribution in [2.24, 2.45) is 5.92 Å². The van der Waals surface area contributed by atoms with Gasteiger partial charge in [0, 0.05) is 18.0 Å². The van der Waals surface area contributed by atoms with Crippen LogP contribution in [0, 0.1) is 18.7 Å². The van der Waals surface area contributed by atoms with Crippen molar-refractivity contribution in [2.75, 3.05) is 11.4 Å². The smallest absolute Gasteiger partial charge is 0.251 e. The first kappa shape index (κ1) is 17.3. The fourth-order valence-corrected chi connectivity index (χ4v) is 3.37. The summed E-state index contributed by atoms with van der Waals surface area (Å²) < 4.78 is 13.1. The van der Waals surface area contributed by atoms with Crippen molar-refractivity contribution in [1.82, 2.24) is 25.4 Å². The van der Waals surface area contributed by atoms with Crippen LogP contribution in [0.5, 0.6) is 0 Å². The van der Waals surface area contributed by atoms with Crippen LogP contribution in [0.1, 0.15) is 24.0 Å². The summed E-state index contributed by atoms with van der Waals surface area (Å²) in [6.07, 6.45) is 5.53. The van der Waals surface area contributed by atoms with Crippen LogP contribution in [0.15, 0.2) is 36.7 Å². The Kier molecular flexibility index (Phi) is 4.62. The summed E-state index contributed by atoms with van der Waals surface area (Å²) in [5.41, 5.74) is 2.67. The first-order valence-electron chi connectivity index (χ1n) is 8.87. The molecule has 8 heteroatoms. The maximum absolute atomic E-state index is 13.1. The highest BCUT2D eigenvalue weighted by Gasteiger charge is 2.32. The SMILES string of the molecule is Cc1cnncc1-c1nc(N2CCCC(Cc3ccc(F)cc3)C2=O)n[nH]1. The Morgan fingerprint density at radius 1 is 1.22 bits per heavy atom. The summed E-state index contributed by atoms with van der Waals surface area (Å²) in [6, 6.07) is 6.30. The number of aromatic nitrogens is 5. The predicted octanol–water partition coefficient (Wildman–Crippen LogP) is 2.69. The number of halogens is 1. The predicted molar refractivity (Wildman–Crippen MR) is 97.3 cm³/mol. The van der Waals surface area contributed by atoms with Gasteiger partial charge in [-0.1, -0.05) is 12.1 Å². The van der Waals surface area contributed by atoms with Crippen molar-refractivity contribution in [2.45, 2.75) is 26.2 Å². The van der Waals surface area contributed by atoms with Gasteiger partial charge in [0.05, 0.1) is 12.4 Å². The summed E-state index contributed by atoms with van der Waals surface area (Å²) in [6.45, 7) is 2.50. The van der Waals surface area contributed by atoms with Crippen LogP contribution in [0.25, 0.3) is 11.4 Å². The number of nitrogens with one attached hydrogen (secondary N) is 1. The van der Waals surface area contributed by atoms with E-state index in [2.05, 4.69) is 25.4 Å². The molecule has 1 N–H and O–H groups in total. The van der Waals surface area contributed by atoms with Gasteiger partial charge in [-0.25, -0.2) is 4.39 Å². The maximum atomic E-state index is 13.1. The molecule has 1 amide bonds. The molecule has 0 spiro atoms. The average molecular weight is 366 g/mol. The van der Waals surface area contributed by atoms with E-state index in [0.717, 1.165) is 29.5 Å². The van der Waals surface area contributed by atoms with E-state index in [-0.39, 0.29) is 17.6 Å². The van der Waals surface area contributed by atoms with Crippen molar-refractivity contribution in [3.05, 3.63) is 53.6 Å². The summed E-state index contributed by atoms with van der Waals surface area (Å²) in [5, 5.41) is 14.8. The number of piperidine rings is 1. The minimum Gasteiger partial charge on any atom is -0.279 e. The molecule has 138 valence electrons. The van der Waals surface area contributed by atoms with Gasteiger partial charge in [-0.3, -0.25) is 14.8 Å². The van der Waals surface area contributed by atoms with Gasteiger partial charge in [-0.05, 0) is 49.4 Å². The second kappa shape index (κ2) is 7.22. The summed E-state index contributed by atoms with van der Waals surface area (Å²) >= 11 is 0. The molecule has 3 heterocycles. The number of aryl methyl sites for hydroxylation is 1. The Labute approximate surface area is 155 Å². The summed E-state index contributed by atoms with van der Waals surface area (Å²) in [7, 11) is 0. The number of nitrogens with zero attached hydrogens (tertiary/aromatic N) is 5. The Morgan fingerprint density at radius 3 is 2.78 bits per heavy atom. The van der Waals surface area contributed by atoms with Crippen molar-refractivity contribution < 1.29 is 9.18 Å². The molecule has 2 aromatic heterocycles. The molecule has 0 radical (unpaired) electrons. The lowest BCUT2D eigenvalue weighted by Gasteiger charge is -2.30. The maximum Gasteiger partial charge on any atom is 0.251 e. The van der Waals surface area contributed by atoms with Crippen LogP contribution in [-0.4, -0.2) is 37.8 Å². The first-order valence-corrected chi connectivity index (χ1v) is 8.87. The quantitative estimate of drug-likeness (QED) is 0.767. The van der Waals surface area contributed by atoms with E-state index >= 15 is 0 Å². The molecule has 1 aliphatic rings. The molecule has 1 aromatic carbocycles. The second-order valence-electron chi connectivity index (χ2n) is 6.73. The molecule has 0 saturated carbocycles. The molecule has 7 nitrogen and oxygen atoms in total. The second-order valence-corrected chi connectivity index (χ2v) is 6.73. The number of benzene rings is 1. The average Bonchev–Trinajstić information content (AvgIpc) is 3.15. The van der Waals surface area contributed by atoms with Gasteiger partial charge in [0.1, 0.15) is 5.82 Å². The molecular formula is C19H19FN6O. The topological polar surface area (TPSA) is 87.7 Å². The van der Waals surface area contributed by atoms with Crippen LogP contribution in [-0.2, 0) is 11.2 Å². The van der Waals surface area contributed by atoms with Crippen LogP contribution < -0.4 is 4.90 Å². The molecule has 0 bridgehead atoms. The molecule has 0 aliphatic carbocycles. The van der Waals surface area contributed by atoms with Gasteiger partial charge in [0.2, 0.25) is 5.91 Å². The Morgan fingerprint density at radius 2 is 2.00 bits per heavy atom. The number of carbonyl (C=O) groups excluding carboxylic acids is 1. The Bertz CT molecular complexity index is 955. The molecule has 3 aromatic rings. The van der Waals surface area contributed by atoms with Crippen molar-refractivity contribution in [3.8, 4) is 11.4 Å². The number of rotatable bonds is 4. The van der Waals surface area contributed by atoms with Crippen LogP contribution in [0.2, 0.25) is 0 Å². The number of H-pyrrole nitrogens is 1. The third kappa shape index (κ3) is 3.55. The minimum absolute atomic E-state index is 0.000648. The Balaban J connectivity index is 1.53. The van der Waals surface area contributed by atoms with Crippen molar-refractivity contribution in [1.29, 1.82) is 0 Å². The van der Waals surface area contributed by atoms with E-state index < -0.39 is 0 Å². The summed E-state index contributed by atoms with van der Waals surface area (Å²) in [4.78, 5) is 19.1. The van der Waals surface area contributed by atoms with E-state index in [1.807, 2.05) is 6.92 Å². The number of carbonyl (C=O) groups is 1. The zero-order valence-electron chi connectivity index (χ0n) is 14.9. The first-order chi connectivity index (χ1) is 13.1. The van der Waals surface area contributed by atoms with Crippen LogP contribution in [0.3, 0.4) is 0 Å². The van der Waals surface area contributed by atoms with Gasteiger partial charge in [-0.2, -0.15) is 15.2 Å². The van der Waals surface area contributed by atoms with Gasteiger partial charge in [-0.15, -0.1) is 5.10 Å². The van der Waals surface area contributed by atoms with Crippen molar-refractivity contribution >= 4 is 11.9 Å². The lowest BCUT2D eigenvalue weighted by molar-refractivity contribution is -0.123. The van der Waals surface area contributed by atoms with Gasteiger partial charge < -0.3 is 0 Å². The summed E-state index contributed by atoms with van der Waals surface area (Å²) in [5.74, 6) is 0.501. The van der Waals surface area contributed by atoms with E-state index in [0.29, 0.717) is 24.7 Å². The minimum atomic E-state index is -0.274. The van der Waals surface area contributed by atoms with Gasteiger partial charge >= 0.3 is 0 Å². The number of amides is 1. The number of hydrogen-bond donors (Lipinski definition) is 1. The zero-order valence-corrected chi connectivity index (χ0v) is 14.9. The lowest BCUT2D eigenvalue weighted by atomic mass is 9.90. The highest BCUT2D eigenvalue weighted by atomic mass is 19.1. The van der Waals surface area contributed by atoms with E-state index in [4.69, 9.17) is 0 Å². The van der Waals surface area contributed by atoms with E-state index in [1.165, 1.54) is 12.1 Å². The molecule has 4 rings (SSSR count). The zero-order chi connectivity index (χ0) is 18.8. The molecule has 1 saturated heterocycles. The molecule has 1 unspecified atom stereocenters. The molecule has 27 heavy (non-hydrogen) atoms. The van der Waals surface area contributed by atoms with Crippen LogP contribution in [0.4, 0.5) is 10.3 Å². The molecule has 1 fully saturated rings. The van der Waals surface area contributed by atoms with E-state index in [9.17, 15) is 9.18 Å². The highest BCUT2D eigenvalue weighted by Crippen LogP contribution is 2.26. The molecule has 1 aliphatic heterocycles. The third-order valence-corrected chi connectivity index (χ3v) is 4.84. The molecule has 1 atom stereocenters. The van der Waals surface area contributed by atoms with Gasteiger partial charge in [0.15, 0.2) is 5.82 Å². The standard InChI is InChI=1S/C19H19FN6O/c1-12-10-21-22-11-16(12)17-23-19(25-24-17)26-8-2-3-14(18(26)27)9-13-4-6-15(20)7-5-13/h4-7,10-11,14H,2-3,8-9H2,1H3,(H,23,24,25). The Hall–Kier alpha value is -3.16. The fourth-order valence-electron chi connectivity index (χ4n) is 3.37. The number of anilines is 1. The number of hydrogen-bond acceptors (Lipinski definition) is 5. The number of aromatic amines is 1. The van der Waals surface area contributed by atoms with Crippen LogP contribution >= 0.6 is 0 Å². The third-order valence-electron chi connectivity index (χ3n) is 4.84. The van der Waals surface area contributed by atoms with Gasteiger partial charge in [0.25, 0.3) is 5.95 Å². The fraction of sp³-hybridized carbons (Fsp3) is 0.316. The largest absolute Gasteiger partial charge is 0.279 e.